The molecule has 9 heteroatoms. The lowest BCUT2D eigenvalue weighted by Crippen LogP contribution is -2.49. The summed E-state index contributed by atoms with van der Waals surface area (Å²) < 4.78 is 72.0. The van der Waals surface area contributed by atoms with Crippen LogP contribution in [0.4, 0.5) is 22.0 Å². The fraction of sp³-hybridized carbons (Fsp3) is 0.333. The Morgan fingerprint density at radius 2 is 1.83 bits per heavy atom. The summed E-state index contributed by atoms with van der Waals surface area (Å²) in [5, 5.41) is 9.75. The zero-order valence-corrected chi connectivity index (χ0v) is 17.4. The molecule has 1 aliphatic rings. The third kappa shape index (κ3) is 3.63. The summed E-state index contributed by atoms with van der Waals surface area (Å²) in [7, 11) is 0. The zero-order valence-electron chi connectivity index (χ0n) is 15.8. The van der Waals surface area contributed by atoms with E-state index in [0.717, 1.165) is 12.1 Å². The average Bonchev–Trinajstić information content (AvgIpc) is 3.00. The van der Waals surface area contributed by atoms with Gasteiger partial charge in [-0.2, -0.15) is 0 Å². The third-order valence-corrected chi connectivity index (χ3v) is 5.99. The molecule has 0 radical (unpaired) electrons. The lowest BCUT2D eigenvalue weighted by atomic mass is 9.88. The summed E-state index contributed by atoms with van der Waals surface area (Å²) in [6, 6.07) is 4.52. The highest BCUT2D eigenvalue weighted by molar-refractivity contribution is 9.10. The molecule has 30 heavy (non-hydrogen) atoms. The Balaban J connectivity index is 1.97. The number of aromatic amines is 1. The molecule has 0 bridgehead atoms. The molecule has 0 amide bonds. The van der Waals surface area contributed by atoms with Gasteiger partial charge in [-0.05, 0) is 49.2 Å². The highest BCUT2D eigenvalue weighted by atomic mass is 79.9. The molecule has 2 aromatic carbocycles. The van der Waals surface area contributed by atoms with E-state index < -0.39 is 48.6 Å². The molecule has 2 heterocycles. The lowest BCUT2D eigenvalue weighted by Gasteiger charge is -2.42. The van der Waals surface area contributed by atoms with Crippen LogP contribution in [0.3, 0.4) is 0 Å². The van der Waals surface area contributed by atoms with Gasteiger partial charge in [0.1, 0.15) is 24.1 Å². The minimum atomic E-state index is -3.47. The van der Waals surface area contributed by atoms with Crippen molar-refractivity contribution in [3.63, 3.8) is 0 Å². The first-order chi connectivity index (χ1) is 14.1. The number of H-pyrrole nitrogens is 1. The molecule has 0 fully saturated rings. The second-order valence-corrected chi connectivity index (χ2v) is 8.55. The van der Waals surface area contributed by atoms with E-state index in [9.17, 15) is 22.0 Å². The Hall–Kier alpha value is -1.97. The Labute approximate surface area is 177 Å². The van der Waals surface area contributed by atoms with Gasteiger partial charge < -0.3 is 10.1 Å². The molecule has 0 saturated carbocycles. The number of alkyl halides is 2. The van der Waals surface area contributed by atoms with Crippen molar-refractivity contribution in [3.05, 3.63) is 69.1 Å². The van der Waals surface area contributed by atoms with Crippen LogP contribution in [0.5, 0.6) is 0 Å². The monoisotopic (exact) mass is 488 g/mol. The summed E-state index contributed by atoms with van der Waals surface area (Å²) in [5.41, 5.74) is 1.08. The molecule has 0 saturated heterocycles. The molecule has 0 spiro atoms. The van der Waals surface area contributed by atoms with Crippen molar-refractivity contribution in [3.8, 4) is 0 Å². The number of benzene rings is 2. The largest absolute Gasteiger partial charge is 0.390 e. The number of aromatic nitrogens is 1. The fourth-order valence-corrected chi connectivity index (χ4v) is 4.63. The maximum Gasteiger partial charge on any atom is 0.283 e. The van der Waals surface area contributed by atoms with Crippen molar-refractivity contribution in [2.24, 2.45) is 0 Å². The van der Waals surface area contributed by atoms with Crippen molar-refractivity contribution < 1.29 is 27.1 Å². The van der Waals surface area contributed by atoms with Gasteiger partial charge in [-0.1, -0.05) is 15.9 Å². The van der Waals surface area contributed by atoms with E-state index in [-0.39, 0.29) is 10.0 Å². The maximum absolute atomic E-state index is 14.9. The maximum atomic E-state index is 14.9. The third-order valence-electron chi connectivity index (χ3n) is 5.53. The standard InChI is InChI=1S/C21H18BrF5N2O/c1-10-4-14-13-3-2-12(23)7-17(13)28-19(14)20(29(10)8-21(26,27)9-30)18-15(24)5-11(22)6-16(18)25/h2-3,5-7,10,20,28,30H,4,8-9H2,1H3. The van der Waals surface area contributed by atoms with Gasteiger partial charge in [-0.25, -0.2) is 22.0 Å². The molecular weight excluding hydrogens is 471 g/mol. The van der Waals surface area contributed by atoms with Gasteiger partial charge in [0, 0.05) is 32.7 Å². The number of nitrogens with zero attached hydrogens (tertiary/aromatic N) is 1. The van der Waals surface area contributed by atoms with E-state index in [1.165, 1.54) is 17.0 Å². The molecule has 2 N–H and O–H groups in total. The van der Waals surface area contributed by atoms with E-state index in [2.05, 4.69) is 20.9 Å². The second-order valence-electron chi connectivity index (χ2n) is 7.63. The van der Waals surface area contributed by atoms with E-state index in [0.29, 0.717) is 28.6 Å². The topological polar surface area (TPSA) is 39.3 Å². The van der Waals surface area contributed by atoms with Gasteiger partial charge in [-0.3, -0.25) is 4.90 Å². The van der Waals surface area contributed by atoms with Crippen LogP contribution in [0.25, 0.3) is 10.9 Å². The van der Waals surface area contributed by atoms with E-state index in [1.807, 2.05) is 0 Å². The van der Waals surface area contributed by atoms with Crippen molar-refractivity contribution in [2.45, 2.75) is 31.4 Å². The van der Waals surface area contributed by atoms with E-state index in [1.54, 1.807) is 13.0 Å². The summed E-state index contributed by atoms with van der Waals surface area (Å²) >= 11 is 3.03. The van der Waals surface area contributed by atoms with Crippen LogP contribution >= 0.6 is 15.9 Å². The molecule has 1 aromatic heterocycles. The number of aliphatic hydroxyl groups excluding tert-OH is 1. The fourth-order valence-electron chi connectivity index (χ4n) is 4.22. The molecule has 3 nitrogen and oxygen atoms in total. The van der Waals surface area contributed by atoms with Gasteiger partial charge in [0.2, 0.25) is 0 Å². The molecule has 4 rings (SSSR count). The molecule has 2 unspecified atom stereocenters. The first-order valence-corrected chi connectivity index (χ1v) is 10.1. The Morgan fingerprint density at radius 3 is 2.47 bits per heavy atom. The molecule has 0 aliphatic carbocycles. The number of nitrogens with one attached hydrogen (secondary N) is 1. The second kappa shape index (κ2) is 7.62. The lowest BCUT2D eigenvalue weighted by molar-refractivity contribution is -0.0869. The van der Waals surface area contributed by atoms with Crippen LogP contribution in [0.1, 0.15) is 29.8 Å². The number of aliphatic hydroxyl groups is 1. The van der Waals surface area contributed by atoms with Crippen molar-refractivity contribution in [1.82, 2.24) is 9.88 Å². The van der Waals surface area contributed by atoms with Gasteiger partial charge >= 0.3 is 0 Å². The first kappa shape index (κ1) is 21.3. The van der Waals surface area contributed by atoms with Crippen LogP contribution in [-0.4, -0.2) is 40.1 Å². The van der Waals surface area contributed by atoms with Crippen molar-refractivity contribution in [1.29, 1.82) is 0 Å². The minimum absolute atomic E-state index is 0.177. The zero-order chi connectivity index (χ0) is 21.8. The first-order valence-electron chi connectivity index (χ1n) is 9.30. The smallest absolute Gasteiger partial charge is 0.283 e. The minimum Gasteiger partial charge on any atom is -0.390 e. The van der Waals surface area contributed by atoms with Gasteiger partial charge in [0.25, 0.3) is 5.92 Å². The SMILES string of the molecule is CC1Cc2c([nH]c3cc(F)ccc23)C(c2c(F)cc(Br)cc2F)N1CC(F)(F)CO. The van der Waals surface area contributed by atoms with Gasteiger partial charge in [-0.15, -0.1) is 0 Å². The Kier molecular flexibility index (Phi) is 5.40. The molecule has 1 aliphatic heterocycles. The highest BCUT2D eigenvalue weighted by Crippen LogP contribution is 2.43. The van der Waals surface area contributed by atoms with Crippen LogP contribution in [0.2, 0.25) is 0 Å². The van der Waals surface area contributed by atoms with Crippen LogP contribution < -0.4 is 0 Å². The Bertz CT molecular complexity index is 1090. The summed E-state index contributed by atoms with van der Waals surface area (Å²) in [5.74, 6) is -5.75. The highest BCUT2D eigenvalue weighted by Gasteiger charge is 2.43. The molecule has 3 aromatic rings. The normalized spacial score (nSPS) is 20.0. The summed E-state index contributed by atoms with van der Waals surface area (Å²) in [4.78, 5) is 4.27. The van der Waals surface area contributed by atoms with Crippen molar-refractivity contribution in [2.75, 3.05) is 13.2 Å². The van der Waals surface area contributed by atoms with Crippen LogP contribution in [-0.2, 0) is 6.42 Å². The Morgan fingerprint density at radius 1 is 1.17 bits per heavy atom. The average molecular weight is 489 g/mol. The van der Waals surface area contributed by atoms with Gasteiger partial charge in [0.05, 0.1) is 12.6 Å². The predicted octanol–water partition coefficient (Wildman–Crippen LogP) is 5.31. The van der Waals surface area contributed by atoms with E-state index >= 15 is 0 Å². The quantitative estimate of drug-likeness (QED) is 0.488. The van der Waals surface area contributed by atoms with E-state index in [4.69, 9.17) is 5.11 Å². The van der Waals surface area contributed by atoms with Crippen LogP contribution in [0, 0.1) is 17.5 Å². The molecular formula is C21H18BrF5N2O. The van der Waals surface area contributed by atoms with Crippen LogP contribution in [0.15, 0.2) is 34.8 Å². The number of hydrogen-bond acceptors (Lipinski definition) is 2. The number of halogens is 6. The molecule has 160 valence electrons. The molecule has 2 atom stereocenters. The predicted molar refractivity (Wildman–Crippen MR) is 106 cm³/mol. The number of hydrogen-bond donors (Lipinski definition) is 2. The van der Waals surface area contributed by atoms with Crippen molar-refractivity contribution >= 4 is 26.8 Å². The number of rotatable bonds is 4. The summed E-state index contributed by atoms with van der Waals surface area (Å²) in [6.07, 6.45) is 0.318. The van der Waals surface area contributed by atoms with Gasteiger partial charge in [0.15, 0.2) is 0 Å². The summed E-state index contributed by atoms with van der Waals surface area (Å²) in [6.45, 7) is -0.604. The number of fused-ring (bicyclic) bond motifs is 3.